The number of aromatic carboxylic acids is 1. The Morgan fingerprint density at radius 2 is 1.85 bits per heavy atom. The summed E-state index contributed by atoms with van der Waals surface area (Å²) in [5.74, 6) is -0.0650. The van der Waals surface area contributed by atoms with Gasteiger partial charge in [-0.3, -0.25) is 0 Å². The van der Waals surface area contributed by atoms with E-state index in [1.807, 2.05) is 30.3 Å². The summed E-state index contributed by atoms with van der Waals surface area (Å²) in [6, 6.07) is 15.0. The molecule has 0 aliphatic carbocycles. The van der Waals surface area contributed by atoms with Gasteiger partial charge in [0, 0.05) is 9.58 Å². The fraction of sp³-hybridized carbons (Fsp3) is 0.0625. The quantitative estimate of drug-likeness (QED) is 0.781. The van der Waals surface area contributed by atoms with Gasteiger partial charge < -0.3 is 9.84 Å². The van der Waals surface area contributed by atoms with E-state index in [-0.39, 0.29) is 0 Å². The van der Waals surface area contributed by atoms with Crippen LogP contribution in [0.3, 0.4) is 0 Å². The van der Waals surface area contributed by atoms with Gasteiger partial charge in [-0.1, -0.05) is 12.1 Å². The molecule has 0 fully saturated rings. The zero-order valence-electron chi connectivity index (χ0n) is 10.8. The molecule has 4 heteroatoms. The number of fused-ring (bicyclic) bond motifs is 1. The number of thiophene rings is 1. The third-order valence-electron chi connectivity index (χ3n) is 3.14. The van der Waals surface area contributed by atoms with Crippen LogP contribution in [0.25, 0.3) is 20.5 Å². The molecule has 1 heterocycles. The smallest absolute Gasteiger partial charge is 0.335 e. The minimum absolute atomic E-state index is 0.302. The highest BCUT2D eigenvalue weighted by Crippen LogP contribution is 2.35. The van der Waals surface area contributed by atoms with E-state index in [1.54, 1.807) is 30.6 Å². The topological polar surface area (TPSA) is 46.5 Å². The predicted octanol–water partition coefficient (Wildman–Crippen LogP) is 4.28. The van der Waals surface area contributed by atoms with Gasteiger partial charge >= 0.3 is 5.97 Å². The summed E-state index contributed by atoms with van der Waals surface area (Å²) in [5, 5.41) is 10.1. The molecule has 0 spiro atoms. The minimum Gasteiger partial charge on any atom is -0.497 e. The van der Waals surface area contributed by atoms with Crippen molar-refractivity contribution in [2.45, 2.75) is 0 Å². The number of ether oxygens (including phenoxy) is 1. The van der Waals surface area contributed by atoms with Crippen LogP contribution in [0.5, 0.6) is 5.75 Å². The van der Waals surface area contributed by atoms with Crippen LogP contribution in [0.2, 0.25) is 0 Å². The van der Waals surface area contributed by atoms with Gasteiger partial charge in [0.2, 0.25) is 0 Å². The van der Waals surface area contributed by atoms with Gasteiger partial charge in [0.15, 0.2) is 0 Å². The van der Waals surface area contributed by atoms with E-state index in [1.165, 1.54) is 0 Å². The summed E-state index contributed by atoms with van der Waals surface area (Å²) in [6.07, 6.45) is 0. The molecule has 1 aromatic heterocycles. The lowest BCUT2D eigenvalue weighted by molar-refractivity contribution is 0.0697. The van der Waals surface area contributed by atoms with Crippen molar-refractivity contribution in [3.05, 3.63) is 54.1 Å². The molecule has 0 atom stereocenters. The molecule has 0 unspecified atom stereocenters. The lowest BCUT2D eigenvalue weighted by Crippen LogP contribution is -1.94. The van der Waals surface area contributed by atoms with Crippen LogP contribution in [0.4, 0.5) is 0 Å². The van der Waals surface area contributed by atoms with Gasteiger partial charge in [-0.15, -0.1) is 11.3 Å². The van der Waals surface area contributed by atoms with Gasteiger partial charge in [0.05, 0.1) is 12.7 Å². The Morgan fingerprint density at radius 1 is 1.10 bits per heavy atom. The number of benzene rings is 2. The normalized spacial score (nSPS) is 10.7. The molecule has 3 aromatic rings. The lowest BCUT2D eigenvalue weighted by atomic mass is 10.1. The highest BCUT2D eigenvalue weighted by Gasteiger charge is 2.07. The Balaban J connectivity index is 2.03. The predicted molar refractivity (Wildman–Crippen MR) is 80.8 cm³/mol. The maximum absolute atomic E-state index is 10.8. The monoisotopic (exact) mass is 284 g/mol. The largest absolute Gasteiger partial charge is 0.497 e. The second-order valence-corrected chi connectivity index (χ2v) is 5.48. The van der Waals surface area contributed by atoms with E-state index >= 15 is 0 Å². The number of carboxylic acids is 1. The zero-order valence-corrected chi connectivity index (χ0v) is 11.6. The van der Waals surface area contributed by atoms with Crippen molar-refractivity contribution in [1.82, 2.24) is 0 Å². The van der Waals surface area contributed by atoms with Crippen molar-refractivity contribution in [3.63, 3.8) is 0 Å². The average Bonchev–Trinajstić information content (AvgIpc) is 2.90. The summed E-state index contributed by atoms with van der Waals surface area (Å²) in [6.45, 7) is 0. The van der Waals surface area contributed by atoms with Gasteiger partial charge in [-0.25, -0.2) is 4.79 Å². The molecule has 0 saturated heterocycles. The third-order valence-corrected chi connectivity index (χ3v) is 4.29. The summed E-state index contributed by atoms with van der Waals surface area (Å²) in [4.78, 5) is 12.0. The molecular formula is C16H12O3S. The van der Waals surface area contributed by atoms with Crippen LogP contribution < -0.4 is 4.74 Å². The molecule has 3 rings (SSSR count). The molecule has 1 N–H and O–H groups in total. The molecule has 100 valence electrons. The van der Waals surface area contributed by atoms with E-state index in [0.29, 0.717) is 5.56 Å². The molecule has 0 aliphatic heterocycles. The van der Waals surface area contributed by atoms with Crippen molar-refractivity contribution in [2.24, 2.45) is 0 Å². The van der Waals surface area contributed by atoms with Gasteiger partial charge in [-0.2, -0.15) is 0 Å². The van der Waals surface area contributed by atoms with Crippen molar-refractivity contribution in [3.8, 4) is 16.2 Å². The van der Waals surface area contributed by atoms with Crippen LogP contribution in [0, 0.1) is 0 Å². The van der Waals surface area contributed by atoms with Gasteiger partial charge in [0.1, 0.15) is 5.75 Å². The maximum Gasteiger partial charge on any atom is 0.335 e. The first-order valence-corrected chi connectivity index (χ1v) is 6.90. The Labute approximate surface area is 120 Å². The summed E-state index contributed by atoms with van der Waals surface area (Å²) >= 11 is 1.67. The first-order chi connectivity index (χ1) is 9.67. The number of carboxylic acid groups (broad SMARTS) is 1. The minimum atomic E-state index is -0.905. The fourth-order valence-corrected chi connectivity index (χ4v) is 3.15. The number of hydrogen-bond acceptors (Lipinski definition) is 3. The second-order valence-electron chi connectivity index (χ2n) is 4.40. The van der Waals surface area contributed by atoms with Crippen LogP contribution in [-0.4, -0.2) is 18.2 Å². The standard InChI is InChI=1S/C16H12O3S/c1-19-13-7-6-12-8-14(20-15(12)9-13)10-2-4-11(5-3-10)16(17)18/h2-9H,1H3,(H,17,18). The van der Waals surface area contributed by atoms with Gasteiger partial charge in [-0.05, 0) is 47.3 Å². The van der Waals surface area contributed by atoms with E-state index < -0.39 is 5.97 Å². The van der Waals surface area contributed by atoms with Crippen molar-refractivity contribution in [2.75, 3.05) is 7.11 Å². The van der Waals surface area contributed by atoms with E-state index in [4.69, 9.17) is 9.84 Å². The Bertz CT molecular complexity index is 772. The highest BCUT2D eigenvalue weighted by atomic mass is 32.1. The maximum atomic E-state index is 10.8. The summed E-state index contributed by atoms with van der Waals surface area (Å²) < 4.78 is 6.38. The Hall–Kier alpha value is -2.33. The average molecular weight is 284 g/mol. The highest BCUT2D eigenvalue weighted by molar-refractivity contribution is 7.22. The molecule has 3 nitrogen and oxygen atoms in total. The molecule has 0 bridgehead atoms. The van der Waals surface area contributed by atoms with Crippen LogP contribution in [0.15, 0.2) is 48.5 Å². The SMILES string of the molecule is COc1ccc2cc(-c3ccc(C(=O)O)cc3)sc2c1. The molecule has 2 aromatic carbocycles. The number of rotatable bonds is 3. The van der Waals surface area contributed by atoms with Crippen molar-refractivity contribution in [1.29, 1.82) is 0 Å². The number of carbonyl (C=O) groups is 1. The molecule has 0 saturated carbocycles. The summed E-state index contributed by atoms with van der Waals surface area (Å²) in [7, 11) is 1.65. The van der Waals surface area contributed by atoms with Gasteiger partial charge in [0.25, 0.3) is 0 Å². The van der Waals surface area contributed by atoms with E-state index in [2.05, 4.69) is 6.07 Å². The van der Waals surface area contributed by atoms with Crippen LogP contribution in [0.1, 0.15) is 10.4 Å². The molecule has 0 amide bonds. The Morgan fingerprint density at radius 3 is 2.50 bits per heavy atom. The lowest BCUT2D eigenvalue weighted by Gasteiger charge is -1.98. The van der Waals surface area contributed by atoms with Crippen molar-refractivity contribution >= 4 is 27.4 Å². The molecular weight excluding hydrogens is 272 g/mol. The zero-order chi connectivity index (χ0) is 14.1. The molecule has 20 heavy (non-hydrogen) atoms. The van der Waals surface area contributed by atoms with Crippen LogP contribution >= 0.6 is 11.3 Å². The second kappa shape index (κ2) is 4.98. The number of hydrogen-bond donors (Lipinski definition) is 1. The Kier molecular flexibility index (Phi) is 3.16. The van der Waals surface area contributed by atoms with E-state index in [0.717, 1.165) is 26.3 Å². The van der Waals surface area contributed by atoms with E-state index in [9.17, 15) is 4.79 Å². The van der Waals surface area contributed by atoms with Crippen LogP contribution in [-0.2, 0) is 0 Å². The number of methoxy groups -OCH3 is 1. The third kappa shape index (κ3) is 2.26. The first kappa shape index (κ1) is 12.7. The fourth-order valence-electron chi connectivity index (χ4n) is 2.06. The van der Waals surface area contributed by atoms with Crippen molar-refractivity contribution < 1.29 is 14.6 Å². The first-order valence-electron chi connectivity index (χ1n) is 6.09. The molecule has 0 aliphatic rings. The summed E-state index contributed by atoms with van der Waals surface area (Å²) in [5.41, 5.74) is 1.33. The molecule has 0 radical (unpaired) electrons.